The zero-order chi connectivity index (χ0) is 25.2. The van der Waals surface area contributed by atoms with Crippen LogP contribution in [0.2, 0.25) is 0 Å². The molecule has 0 aliphatic heterocycles. The van der Waals surface area contributed by atoms with Gasteiger partial charge in [-0.3, -0.25) is 0 Å². The van der Waals surface area contributed by atoms with E-state index in [4.69, 9.17) is 0 Å². The summed E-state index contributed by atoms with van der Waals surface area (Å²) in [6.07, 6.45) is 3.96. The van der Waals surface area contributed by atoms with Gasteiger partial charge < -0.3 is 19.8 Å². The van der Waals surface area contributed by atoms with Crippen LogP contribution in [0.3, 0.4) is 0 Å². The molecule has 0 saturated heterocycles. The van der Waals surface area contributed by atoms with Crippen LogP contribution in [-0.2, 0) is 5.60 Å². The molecule has 0 heterocycles. The lowest BCUT2D eigenvalue weighted by Gasteiger charge is -2.27. The van der Waals surface area contributed by atoms with Crippen molar-refractivity contribution >= 4 is 33.9 Å². The minimum absolute atomic E-state index is 0.825. The van der Waals surface area contributed by atoms with Crippen LogP contribution in [0.1, 0.15) is 16.7 Å². The summed E-state index contributed by atoms with van der Waals surface area (Å²) < 4.78 is 0. The average molecular weight is 466 g/mol. The molecule has 0 aliphatic rings. The van der Waals surface area contributed by atoms with Gasteiger partial charge >= 0.3 is 0 Å². The molecule has 0 aromatic heterocycles. The Hall–Kier alpha value is -3.76. The molecule has 0 radical (unpaired) electrons. The number of rotatable bonds is 7. The number of anilines is 3. The first-order valence-corrected chi connectivity index (χ1v) is 11.9. The zero-order valence-corrected chi connectivity index (χ0v) is 21.5. The molecule has 4 rings (SSSR count). The molecule has 4 aromatic rings. The fraction of sp³-hybridized carbons (Fsp3) is 0.226. The minimum atomic E-state index is -1.28. The maximum atomic E-state index is 12.2. The van der Waals surface area contributed by atoms with Crippen LogP contribution in [0.4, 0.5) is 17.1 Å². The highest BCUT2D eigenvalue weighted by molar-refractivity contribution is 5.99. The van der Waals surface area contributed by atoms with E-state index in [1.54, 1.807) is 0 Å². The normalized spacial score (nSPS) is 11.7. The smallest absolute Gasteiger partial charge is 0.134 e. The Labute approximate surface area is 209 Å². The van der Waals surface area contributed by atoms with Crippen molar-refractivity contribution in [2.75, 3.05) is 57.0 Å². The van der Waals surface area contributed by atoms with Crippen molar-refractivity contribution in [1.29, 1.82) is 0 Å². The molecule has 35 heavy (non-hydrogen) atoms. The van der Waals surface area contributed by atoms with Gasteiger partial charge in [0.2, 0.25) is 0 Å². The standard InChI is InChI=1S/C31H35N3O/c1-32(2)26-16-12-24(13-17-26)31(35,25-14-18-27(19-15-25)33(3)4)22-21-23-11-20-30(34(5)6)29-10-8-7-9-28(23)29/h7-22,35H,1-6H3/b22-21+. The van der Waals surface area contributed by atoms with Crippen LogP contribution >= 0.6 is 0 Å². The van der Waals surface area contributed by atoms with Crippen LogP contribution in [0.15, 0.2) is 91.0 Å². The van der Waals surface area contributed by atoms with Gasteiger partial charge in [0.15, 0.2) is 0 Å². The first-order valence-electron chi connectivity index (χ1n) is 11.9. The predicted molar refractivity (Wildman–Crippen MR) is 152 cm³/mol. The molecule has 0 spiro atoms. The third-order valence-electron chi connectivity index (χ3n) is 6.57. The second-order valence-corrected chi connectivity index (χ2v) is 9.60. The van der Waals surface area contributed by atoms with Gasteiger partial charge in [-0.2, -0.15) is 0 Å². The highest BCUT2D eigenvalue weighted by atomic mass is 16.3. The second kappa shape index (κ2) is 9.85. The van der Waals surface area contributed by atoms with Crippen LogP contribution in [-0.4, -0.2) is 47.4 Å². The molecule has 0 bridgehead atoms. The van der Waals surface area contributed by atoms with Crippen LogP contribution < -0.4 is 14.7 Å². The molecular formula is C31H35N3O. The van der Waals surface area contributed by atoms with E-state index in [-0.39, 0.29) is 0 Å². The summed E-state index contributed by atoms with van der Waals surface area (Å²) >= 11 is 0. The molecule has 180 valence electrons. The first kappa shape index (κ1) is 24.4. The Morgan fingerprint density at radius 2 is 1.06 bits per heavy atom. The molecule has 4 nitrogen and oxygen atoms in total. The fourth-order valence-corrected chi connectivity index (χ4v) is 4.44. The molecule has 0 atom stereocenters. The summed E-state index contributed by atoms with van der Waals surface area (Å²) in [6.45, 7) is 0. The summed E-state index contributed by atoms with van der Waals surface area (Å²) in [7, 11) is 12.2. The molecule has 0 saturated carbocycles. The monoisotopic (exact) mass is 465 g/mol. The van der Waals surface area contributed by atoms with Gasteiger partial charge in [-0.1, -0.05) is 60.7 Å². The molecule has 0 aliphatic carbocycles. The van der Waals surface area contributed by atoms with Gasteiger partial charge in [0.1, 0.15) is 5.60 Å². The van der Waals surface area contributed by atoms with E-state index in [1.807, 2.05) is 88.9 Å². The van der Waals surface area contributed by atoms with Crippen molar-refractivity contribution in [2.45, 2.75) is 5.60 Å². The summed E-state index contributed by atoms with van der Waals surface area (Å²) in [6, 6.07) is 28.9. The van der Waals surface area contributed by atoms with Gasteiger partial charge in [0.05, 0.1) is 0 Å². The Morgan fingerprint density at radius 3 is 1.51 bits per heavy atom. The predicted octanol–water partition coefficient (Wildman–Crippen LogP) is 5.99. The number of benzene rings is 4. The molecular weight excluding hydrogens is 430 g/mol. The van der Waals surface area contributed by atoms with Gasteiger partial charge in [-0.05, 0) is 58.5 Å². The number of fused-ring (bicyclic) bond motifs is 1. The highest BCUT2D eigenvalue weighted by Crippen LogP contribution is 2.35. The summed E-state index contributed by atoms with van der Waals surface area (Å²) in [4.78, 5) is 6.25. The van der Waals surface area contributed by atoms with Gasteiger partial charge in [-0.15, -0.1) is 0 Å². The topological polar surface area (TPSA) is 30.0 Å². The van der Waals surface area contributed by atoms with E-state index >= 15 is 0 Å². The van der Waals surface area contributed by atoms with Crippen LogP contribution in [0.25, 0.3) is 16.8 Å². The molecule has 0 amide bonds. The number of aliphatic hydroxyl groups is 1. The Morgan fingerprint density at radius 1 is 0.571 bits per heavy atom. The van der Waals surface area contributed by atoms with Crippen molar-refractivity contribution in [3.63, 3.8) is 0 Å². The van der Waals surface area contributed by atoms with Gasteiger partial charge in [0.25, 0.3) is 0 Å². The van der Waals surface area contributed by atoms with Crippen molar-refractivity contribution in [3.8, 4) is 0 Å². The third-order valence-corrected chi connectivity index (χ3v) is 6.57. The highest BCUT2D eigenvalue weighted by Gasteiger charge is 2.29. The Balaban J connectivity index is 1.84. The summed E-state index contributed by atoms with van der Waals surface area (Å²) in [5, 5.41) is 14.5. The molecule has 1 N–H and O–H groups in total. The van der Waals surface area contributed by atoms with Crippen molar-refractivity contribution < 1.29 is 5.11 Å². The van der Waals surface area contributed by atoms with Crippen molar-refractivity contribution in [3.05, 3.63) is 108 Å². The maximum absolute atomic E-state index is 12.2. The molecule has 4 aromatic carbocycles. The van der Waals surface area contributed by atoms with Crippen LogP contribution in [0.5, 0.6) is 0 Å². The lowest BCUT2D eigenvalue weighted by Crippen LogP contribution is -2.25. The van der Waals surface area contributed by atoms with Gasteiger partial charge in [-0.25, -0.2) is 0 Å². The van der Waals surface area contributed by atoms with E-state index < -0.39 is 5.60 Å². The Kier molecular flexibility index (Phi) is 6.86. The lowest BCUT2D eigenvalue weighted by molar-refractivity contribution is 0.135. The molecule has 0 fully saturated rings. The Bertz CT molecular complexity index is 1270. The quantitative estimate of drug-likeness (QED) is 0.363. The van der Waals surface area contributed by atoms with E-state index in [0.29, 0.717) is 0 Å². The zero-order valence-electron chi connectivity index (χ0n) is 21.5. The van der Waals surface area contributed by atoms with Crippen molar-refractivity contribution in [2.24, 2.45) is 0 Å². The maximum Gasteiger partial charge on any atom is 0.134 e. The largest absolute Gasteiger partial charge is 0.378 e. The number of nitrogens with zero attached hydrogens (tertiary/aromatic N) is 3. The van der Waals surface area contributed by atoms with Gasteiger partial charge in [0, 0.05) is 64.7 Å². The van der Waals surface area contributed by atoms with E-state index in [2.05, 4.69) is 65.2 Å². The summed E-state index contributed by atoms with van der Waals surface area (Å²) in [5.41, 5.74) is 4.79. The minimum Gasteiger partial charge on any atom is -0.378 e. The SMILES string of the molecule is CN(C)c1ccc(C(O)(/C=C/c2ccc(N(C)C)c3ccccc23)c2ccc(N(C)C)cc2)cc1. The average Bonchev–Trinajstić information content (AvgIpc) is 2.87. The first-order chi connectivity index (χ1) is 16.7. The molecule has 4 heteroatoms. The fourth-order valence-electron chi connectivity index (χ4n) is 4.44. The summed E-state index contributed by atoms with van der Waals surface area (Å²) in [5.74, 6) is 0. The second-order valence-electron chi connectivity index (χ2n) is 9.60. The number of hydrogen-bond donors (Lipinski definition) is 1. The van der Waals surface area contributed by atoms with E-state index in [0.717, 1.165) is 33.5 Å². The third kappa shape index (κ3) is 4.89. The van der Waals surface area contributed by atoms with E-state index in [1.165, 1.54) is 11.1 Å². The molecule has 0 unspecified atom stereocenters. The van der Waals surface area contributed by atoms with Crippen LogP contribution in [0, 0.1) is 0 Å². The lowest BCUT2D eigenvalue weighted by atomic mass is 9.85. The van der Waals surface area contributed by atoms with E-state index in [9.17, 15) is 5.11 Å². The number of hydrogen-bond acceptors (Lipinski definition) is 4. The van der Waals surface area contributed by atoms with Crippen molar-refractivity contribution in [1.82, 2.24) is 0 Å².